The summed E-state index contributed by atoms with van der Waals surface area (Å²) in [5.74, 6) is 0.693. The van der Waals surface area contributed by atoms with E-state index in [0.717, 1.165) is 35.1 Å². The molecule has 0 atom stereocenters. The van der Waals surface area contributed by atoms with Crippen LogP contribution in [-0.4, -0.2) is 91.9 Å². The Kier molecular flexibility index (Phi) is 21.5. The predicted octanol–water partition coefficient (Wildman–Crippen LogP) is 8.52. The zero-order chi connectivity index (χ0) is 44.1. The fourth-order valence-electron chi connectivity index (χ4n) is 4.93. The average Bonchev–Trinajstić information content (AvgIpc) is 3.20. The van der Waals surface area contributed by atoms with Crippen molar-refractivity contribution in [1.82, 2.24) is 9.88 Å². The molecule has 1 aliphatic heterocycles. The first-order chi connectivity index (χ1) is 27.4. The van der Waals surface area contributed by atoms with E-state index in [-0.39, 0.29) is 18.4 Å². The standard InChI is InChI=1S/C38H44N4O4.C6H13BO.CH5N.CH4O/c1-7-9-14-27(8-2)25-45-36-32(19-20-33(41-36)44-26-28-15-11-10-12-16-28)34(39)31-18-13-17-30(35(31)40-6)29-21-23-42(24-22-29)37(43)46-38(3,4)5;1-5(2,7)6(3,4)8;2*1-2/h7-21,39-40H,2,22-26H2,1,3-6H3;8H,1-4H3;2H2,1H3;2H,1H3/b9-7-,27-14+,39-34?;;;. The van der Waals surface area contributed by atoms with Gasteiger partial charge in [-0.1, -0.05) is 99.3 Å². The summed E-state index contributed by atoms with van der Waals surface area (Å²) in [5.41, 5.74) is 9.45. The van der Waals surface area contributed by atoms with Crippen LogP contribution in [0.3, 0.4) is 0 Å². The molecule has 3 aromatic rings. The van der Waals surface area contributed by atoms with Crippen LogP contribution in [0.5, 0.6) is 11.8 Å². The number of aliphatic hydroxyl groups is 2. The van der Waals surface area contributed by atoms with Crippen molar-refractivity contribution in [3.63, 3.8) is 0 Å². The maximum atomic E-state index is 12.6. The Hall–Kier alpha value is -5.17. The van der Waals surface area contributed by atoms with Crippen molar-refractivity contribution in [1.29, 1.82) is 5.41 Å². The molecule has 314 valence electrons. The van der Waals surface area contributed by atoms with Crippen molar-refractivity contribution in [2.24, 2.45) is 5.73 Å². The number of ether oxygens (including phenoxy) is 3. The summed E-state index contributed by atoms with van der Waals surface area (Å²) >= 11 is 0. The molecule has 6 N–H and O–H groups in total. The van der Waals surface area contributed by atoms with Crippen LogP contribution in [0.25, 0.3) is 5.57 Å². The number of hydrogen-bond acceptors (Lipinski definition) is 10. The number of hydrogen-bond donors (Lipinski definition) is 5. The van der Waals surface area contributed by atoms with Gasteiger partial charge in [-0.2, -0.15) is 4.98 Å². The third-order valence-corrected chi connectivity index (χ3v) is 8.84. The highest BCUT2D eigenvalue weighted by Gasteiger charge is 2.29. The molecule has 1 aliphatic rings. The van der Waals surface area contributed by atoms with Crippen molar-refractivity contribution in [3.05, 3.63) is 125 Å². The molecule has 0 aliphatic carbocycles. The van der Waals surface area contributed by atoms with E-state index in [1.165, 1.54) is 7.05 Å². The highest BCUT2D eigenvalue weighted by Crippen LogP contribution is 2.35. The molecule has 0 bridgehead atoms. The molecular weight excluding hydrogens is 729 g/mol. The highest BCUT2D eigenvalue weighted by molar-refractivity contribution is 6.16. The number of carbonyl (C=O) groups excluding carboxylic acids is 1. The van der Waals surface area contributed by atoms with E-state index in [4.69, 9.17) is 32.1 Å². The van der Waals surface area contributed by atoms with Gasteiger partial charge in [-0.3, -0.25) is 5.41 Å². The van der Waals surface area contributed by atoms with Crippen LogP contribution >= 0.6 is 0 Å². The minimum atomic E-state index is -0.785. The Morgan fingerprint density at radius 3 is 2.16 bits per heavy atom. The number of para-hydroxylation sites is 1. The Bertz CT molecular complexity index is 1830. The fraction of sp³-hybridized carbons (Fsp3) is 0.413. The van der Waals surface area contributed by atoms with Gasteiger partial charge >= 0.3 is 6.09 Å². The molecule has 2 radical (unpaired) electrons. The highest BCUT2D eigenvalue weighted by atomic mass is 16.6. The molecule has 0 spiro atoms. The molecule has 0 saturated carbocycles. The van der Waals surface area contributed by atoms with Crippen LogP contribution in [-0.2, 0) is 11.3 Å². The summed E-state index contributed by atoms with van der Waals surface area (Å²) in [4.78, 5) is 19.0. The van der Waals surface area contributed by atoms with Gasteiger partial charge < -0.3 is 40.4 Å². The number of amides is 1. The molecule has 11 nitrogen and oxygen atoms in total. The van der Waals surface area contributed by atoms with Crippen LogP contribution in [0.4, 0.5) is 10.5 Å². The number of aliphatic hydroxyl groups excluding tert-OH is 1. The van der Waals surface area contributed by atoms with Gasteiger partial charge in [0, 0.05) is 44.4 Å². The number of anilines is 1. The van der Waals surface area contributed by atoms with Gasteiger partial charge in [0.15, 0.2) is 0 Å². The number of carbonyl (C=O) groups is 1. The summed E-state index contributed by atoms with van der Waals surface area (Å²) in [6.07, 6.45) is 9.93. The molecular formula is C46H66BN5O6. The normalized spacial score (nSPS) is 13.0. The summed E-state index contributed by atoms with van der Waals surface area (Å²) in [5, 5.41) is 28.4. The first kappa shape index (κ1) is 50.9. The zero-order valence-corrected chi connectivity index (χ0v) is 36.5. The van der Waals surface area contributed by atoms with Gasteiger partial charge in [0.1, 0.15) is 18.8 Å². The van der Waals surface area contributed by atoms with Crippen molar-refractivity contribution in [3.8, 4) is 11.8 Å². The lowest BCUT2D eigenvalue weighted by Crippen LogP contribution is -2.39. The number of nitrogens with zero attached hydrogens (tertiary/aromatic N) is 2. The fourth-order valence-corrected chi connectivity index (χ4v) is 4.93. The number of nitrogens with one attached hydrogen (secondary N) is 2. The van der Waals surface area contributed by atoms with Gasteiger partial charge in [-0.15, -0.1) is 0 Å². The Balaban J connectivity index is 0.00000124. The number of benzene rings is 2. The first-order valence-corrected chi connectivity index (χ1v) is 19.2. The third-order valence-electron chi connectivity index (χ3n) is 8.84. The Labute approximate surface area is 348 Å². The van der Waals surface area contributed by atoms with E-state index in [1.54, 1.807) is 44.7 Å². The zero-order valence-electron chi connectivity index (χ0n) is 36.5. The van der Waals surface area contributed by atoms with Crippen LogP contribution in [0.15, 0.2) is 103 Å². The smallest absolute Gasteiger partial charge is 0.410 e. The van der Waals surface area contributed by atoms with Gasteiger partial charge in [-0.25, -0.2) is 4.79 Å². The van der Waals surface area contributed by atoms with Crippen LogP contribution in [0, 0.1) is 5.41 Å². The van der Waals surface area contributed by atoms with Crippen LogP contribution in [0.1, 0.15) is 84.1 Å². The molecule has 58 heavy (non-hydrogen) atoms. The second-order valence-corrected chi connectivity index (χ2v) is 15.1. The average molecular weight is 796 g/mol. The molecule has 0 fully saturated rings. The third kappa shape index (κ3) is 16.4. The van der Waals surface area contributed by atoms with E-state index in [2.05, 4.69) is 23.7 Å². The van der Waals surface area contributed by atoms with Crippen LogP contribution < -0.4 is 20.5 Å². The van der Waals surface area contributed by atoms with Crippen molar-refractivity contribution >= 4 is 30.9 Å². The molecule has 1 amide bonds. The number of nitrogens with two attached hydrogens (primary N) is 1. The topological polar surface area (TPSA) is 163 Å². The van der Waals surface area contributed by atoms with E-state index in [1.807, 2.05) is 108 Å². The molecule has 2 heterocycles. The largest absolute Gasteiger partial charge is 0.473 e. The first-order valence-electron chi connectivity index (χ1n) is 19.2. The number of rotatable bonds is 13. The number of allylic oxidation sites excluding steroid dienone is 3. The second-order valence-electron chi connectivity index (χ2n) is 15.1. The predicted molar refractivity (Wildman–Crippen MR) is 240 cm³/mol. The summed E-state index contributed by atoms with van der Waals surface area (Å²) in [6.45, 7) is 20.0. The lowest BCUT2D eigenvalue weighted by molar-refractivity contribution is 0.0270. The van der Waals surface area contributed by atoms with E-state index in [9.17, 15) is 15.3 Å². The number of aromatic nitrogens is 1. The van der Waals surface area contributed by atoms with E-state index >= 15 is 0 Å². The van der Waals surface area contributed by atoms with Crippen molar-refractivity contribution in [2.45, 2.75) is 84.9 Å². The SMILES string of the molecule is C=C/C(=C\C=C/C)COc1nc(OCc2ccccc2)ccc1C(=N)c1cccc(C2=CCN(C(=O)OC(C)(C)C)CC2)c1NC.CN.CO.[B]C(C)(C)C(C)(C)O. The lowest BCUT2D eigenvalue weighted by atomic mass is 9.62. The summed E-state index contributed by atoms with van der Waals surface area (Å²) < 4.78 is 17.8. The minimum Gasteiger partial charge on any atom is -0.473 e. The van der Waals surface area contributed by atoms with Gasteiger partial charge in [0.25, 0.3) is 0 Å². The Morgan fingerprint density at radius 1 is 1.00 bits per heavy atom. The number of pyridine rings is 1. The quantitative estimate of drug-likeness (QED) is 0.0649. The van der Waals surface area contributed by atoms with Gasteiger partial charge in [0.05, 0.1) is 30.4 Å². The monoisotopic (exact) mass is 796 g/mol. The molecule has 12 heteroatoms. The molecule has 0 saturated heterocycles. The molecule has 2 aromatic carbocycles. The maximum absolute atomic E-state index is 12.6. The molecule has 4 rings (SSSR count). The van der Waals surface area contributed by atoms with E-state index in [0.29, 0.717) is 49.0 Å². The Morgan fingerprint density at radius 2 is 1.64 bits per heavy atom. The van der Waals surface area contributed by atoms with Crippen molar-refractivity contribution < 1.29 is 29.2 Å². The molecule has 1 aromatic heterocycles. The van der Waals surface area contributed by atoms with E-state index < -0.39 is 16.5 Å². The summed E-state index contributed by atoms with van der Waals surface area (Å²) in [6, 6.07) is 19.4. The van der Waals surface area contributed by atoms with Crippen molar-refractivity contribution in [2.75, 3.05) is 46.2 Å². The second kappa shape index (κ2) is 24.6. The van der Waals surface area contributed by atoms with Crippen LogP contribution in [0.2, 0.25) is 5.31 Å². The summed E-state index contributed by atoms with van der Waals surface area (Å²) in [7, 11) is 9.91. The molecule has 0 unspecified atom stereocenters. The van der Waals surface area contributed by atoms with Gasteiger partial charge in [0.2, 0.25) is 11.8 Å². The lowest BCUT2D eigenvalue weighted by Gasteiger charge is -2.33. The van der Waals surface area contributed by atoms with Gasteiger partial charge in [-0.05, 0) is 83.1 Å². The minimum absolute atomic E-state index is 0.225. The maximum Gasteiger partial charge on any atom is 0.410 e.